The molecular formula is C18H15F6NO. The SMILES string of the molecule is OC(c1ccc(CN2CCc3ccccc32)cc1)(C(F)(F)F)C(F)(F)F. The van der Waals surface area contributed by atoms with E-state index in [9.17, 15) is 31.4 Å². The van der Waals surface area contributed by atoms with Crippen molar-refractivity contribution >= 4 is 5.69 Å². The maximum atomic E-state index is 12.9. The van der Waals surface area contributed by atoms with E-state index in [1.54, 1.807) is 0 Å². The fourth-order valence-corrected chi connectivity index (χ4v) is 3.13. The molecular weight excluding hydrogens is 360 g/mol. The Morgan fingerprint density at radius 3 is 2.00 bits per heavy atom. The second kappa shape index (κ2) is 6.19. The molecule has 8 heteroatoms. The molecule has 140 valence electrons. The summed E-state index contributed by atoms with van der Waals surface area (Å²) in [6.45, 7) is 1.07. The molecule has 0 amide bonds. The smallest absolute Gasteiger partial charge is 0.369 e. The highest BCUT2D eigenvalue weighted by atomic mass is 19.4. The molecule has 0 aliphatic carbocycles. The number of anilines is 1. The van der Waals surface area contributed by atoms with Gasteiger partial charge >= 0.3 is 12.4 Å². The molecule has 0 fully saturated rings. The standard InChI is InChI=1S/C18H15F6NO/c19-17(20,21)16(26,18(22,23)24)14-7-5-12(6-8-14)11-25-10-9-13-3-1-2-4-15(13)25/h1-8,26H,9-11H2. The van der Waals surface area contributed by atoms with Gasteiger partial charge < -0.3 is 10.0 Å². The first-order valence-electron chi connectivity index (χ1n) is 7.82. The minimum absolute atomic E-state index is 0.355. The van der Waals surface area contributed by atoms with E-state index in [1.165, 1.54) is 12.1 Å². The molecule has 2 aromatic carbocycles. The molecule has 2 nitrogen and oxygen atoms in total. The van der Waals surface area contributed by atoms with Crippen molar-refractivity contribution in [2.75, 3.05) is 11.4 Å². The topological polar surface area (TPSA) is 23.5 Å². The molecule has 0 aromatic heterocycles. The lowest BCUT2D eigenvalue weighted by Gasteiger charge is -2.32. The van der Waals surface area contributed by atoms with Crippen LogP contribution in [-0.2, 0) is 18.6 Å². The van der Waals surface area contributed by atoms with Crippen LogP contribution in [0, 0.1) is 0 Å². The van der Waals surface area contributed by atoms with Gasteiger partial charge in [-0.1, -0.05) is 42.5 Å². The van der Waals surface area contributed by atoms with Crippen LogP contribution in [0.3, 0.4) is 0 Å². The van der Waals surface area contributed by atoms with Gasteiger partial charge in [-0.25, -0.2) is 0 Å². The number of aliphatic hydroxyl groups is 1. The maximum Gasteiger partial charge on any atom is 0.430 e. The molecule has 0 spiro atoms. The van der Waals surface area contributed by atoms with Crippen molar-refractivity contribution in [2.45, 2.75) is 30.9 Å². The fourth-order valence-electron chi connectivity index (χ4n) is 3.13. The van der Waals surface area contributed by atoms with Gasteiger partial charge in [-0.05, 0) is 23.6 Å². The third-order valence-corrected chi connectivity index (χ3v) is 4.55. The minimum atomic E-state index is -5.87. The van der Waals surface area contributed by atoms with Gasteiger partial charge in [0.25, 0.3) is 5.60 Å². The van der Waals surface area contributed by atoms with Gasteiger partial charge in [-0.3, -0.25) is 0 Å². The van der Waals surface area contributed by atoms with Gasteiger partial charge in [0.2, 0.25) is 0 Å². The average molecular weight is 375 g/mol. The predicted molar refractivity (Wildman–Crippen MR) is 83.6 cm³/mol. The van der Waals surface area contributed by atoms with Crippen molar-refractivity contribution in [3.05, 3.63) is 65.2 Å². The lowest BCUT2D eigenvalue weighted by molar-refractivity contribution is -0.376. The normalized spacial score (nSPS) is 15.3. The number of hydrogen-bond acceptors (Lipinski definition) is 2. The molecule has 0 unspecified atom stereocenters. The molecule has 0 saturated carbocycles. The first-order valence-corrected chi connectivity index (χ1v) is 7.82. The van der Waals surface area contributed by atoms with Crippen LogP contribution in [0.1, 0.15) is 16.7 Å². The molecule has 1 aliphatic heterocycles. The number of nitrogens with zero attached hydrogens (tertiary/aromatic N) is 1. The molecule has 0 saturated heterocycles. The fraction of sp³-hybridized carbons (Fsp3) is 0.333. The van der Waals surface area contributed by atoms with Crippen molar-refractivity contribution in [3.8, 4) is 0 Å². The monoisotopic (exact) mass is 375 g/mol. The zero-order valence-corrected chi connectivity index (χ0v) is 13.4. The Hall–Kier alpha value is -2.22. The zero-order valence-electron chi connectivity index (χ0n) is 13.4. The number of hydrogen-bond donors (Lipinski definition) is 1. The maximum absolute atomic E-state index is 12.9. The summed E-state index contributed by atoms with van der Waals surface area (Å²) in [4.78, 5) is 2.00. The Labute approximate surface area is 145 Å². The predicted octanol–water partition coefficient (Wildman–Crippen LogP) is 4.56. The van der Waals surface area contributed by atoms with Crippen molar-refractivity contribution in [1.29, 1.82) is 0 Å². The summed E-state index contributed by atoms with van der Waals surface area (Å²) >= 11 is 0. The Morgan fingerprint density at radius 1 is 0.846 bits per heavy atom. The first kappa shape index (κ1) is 18.6. The first-order chi connectivity index (χ1) is 12.0. The summed E-state index contributed by atoms with van der Waals surface area (Å²) < 4.78 is 77.4. The number of halogens is 6. The van der Waals surface area contributed by atoms with Crippen LogP contribution >= 0.6 is 0 Å². The van der Waals surface area contributed by atoms with Gasteiger partial charge in [0.15, 0.2) is 0 Å². The molecule has 0 atom stereocenters. The Bertz CT molecular complexity index is 768. The van der Waals surface area contributed by atoms with Gasteiger partial charge in [-0.15, -0.1) is 0 Å². The van der Waals surface area contributed by atoms with Gasteiger partial charge in [-0.2, -0.15) is 26.3 Å². The highest BCUT2D eigenvalue weighted by Crippen LogP contribution is 2.50. The van der Waals surface area contributed by atoms with Crippen LogP contribution in [0.2, 0.25) is 0 Å². The number of fused-ring (bicyclic) bond motifs is 1. The quantitative estimate of drug-likeness (QED) is 0.795. The van der Waals surface area contributed by atoms with Gasteiger partial charge in [0.05, 0.1) is 0 Å². The van der Waals surface area contributed by atoms with Crippen LogP contribution in [0.5, 0.6) is 0 Å². The second-order valence-corrected chi connectivity index (χ2v) is 6.20. The Kier molecular flexibility index (Phi) is 4.42. The molecule has 0 bridgehead atoms. The second-order valence-electron chi connectivity index (χ2n) is 6.20. The summed E-state index contributed by atoms with van der Waals surface area (Å²) in [5.74, 6) is 0. The Balaban J connectivity index is 1.85. The van der Waals surface area contributed by atoms with Crippen molar-refractivity contribution in [3.63, 3.8) is 0 Å². The van der Waals surface area contributed by atoms with E-state index in [0.717, 1.165) is 24.2 Å². The van der Waals surface area contributed by atoms with E-state index in [2.05, 4.69) is 0 Å². The van der Waals surface area contributed by atoms with E-state index in [-0.39, 0.29) is 0 Å². The van der Waals surface area contributed by atoms with Crippen LogP contribution < -0.4 is 4.90 Å². The highest BCUT2D eigenvalue weighted by Gasteiger charge is 2.71. The lowest BCUT2D eigenvalue weighted by atomic mass is 9.91. The number of alkyl halides is 6. The third kappa shape index (κ3) is 3.02. The largest absolute Gasteiger partial charge is 0.430 e. The summed E-state index contributed by atoms with van der Waals surface area (Å²) in [5, 5.41) is 9.40. The van der Waals surface area contributed by atoms with E-state index < -0.39 is 23.5 Å². The van der Waals surface area contributed by atoms with E-state index in [0.29, 0.717) is 24.2 Å². The Morgan fingerprint density at radius 2 is 1.42 bits per heavy atom. The van der Waals surface area contributed by atoms with Gasteiger partial charge in [0, 0.05) is 24.3 Å². The van der Waals surface area contributed by atoms with Crippen molar-refractivity contribution in [1.82, 2.24) is 0 Å². The summed E-state index contributed by atoms with van der Waals surface area (Å²) in [7, 11) is 0. The summed E-state index contributed by atoms with van der Waals surface area (Å²) in [6, 6.07) is 11.4. The van der Waals surface area contributed by atoms with Crippen LogP contribution in [-0.4, -0.2) is 24.0 Å². The molecule has 26 heavy (non-hydrogen) atoms. The molecule has 1 heterocycles. The molecule has 1 aliphatic rings. The molecule has 1 N–H and O–H groups in total. The van der Waals surface area contributed by atoms with E-state index in [1.807, 2.05) is 29.2 Å². The van der Waals surface area contributed by atoms with Crippen LogP contribution in [0.25, 0.3) is 0 Å². The lowest BCUT2D eigenvalue weighted by Crippen LogP contribution is -2.53. The zero-order chi connectivity index (χ0) is 19.2. The third-order valence-electron chi connectivity index (χ3n) is 4.55. The van der Waals surface area contributed by atoms with Crippen LogP contribution in [0.15, 0.2) is 48.5 Å². The number of rotatable bonds is 3. The van der Waals surface area contributed by atoms with Crippen molar-refractivity contribution < 1.29 is 31.4 Å². The number of para-hydroxylation sites is 1. The minimum Gasteiger partial charge on any atom is -0.369 e. The van der Waals surface area contributed by atoms with Crippen LogP contribution in [0.4, 0.5) is 32.0 Å². The summed E-state index contributed by atoms with van der Waals surface area (Å²) in [5.41, 5.74) is -3.44. The van der Waals surface area contributed by atoms with Gasteiger partial charge in [0.1, 0.15) is 0 Å². The average Bonchev–Trinajstić information content (AvgIpc) is 2.96. The van der Waals surface area contributed by atoms with E-state index >= 15 is 0 Å². The summed E-state index contributed by atoms with van der Waals surface area (Å²) in [6.07, 6.45) is -10.9. The molecule has 3 rings (SSSR count). The molecule has 2 aromatic rings. The van der Waals surface area contributed by atoms with E-state index in [4.69, 9.17) is 0 Å². The van der Waals surface area contributed by atoms with Crippen molar-refractivity contribution in [2.24, 2.45) is 0 Å². The molecule has 0 radical (unpaired) electrons. The number of benzene rings is 2. The highest BCUT2D eigenvalue weighted by molar-refractivity contribution is 5.58.